The molecule has 2 atom stereocenters. The highest BCUT2D eigenvalue weighted by Crippen LogP contribution is 2.35. The summed E-state index contributed by atoms with van der Waals surface area (Å²) in [7, 11) is 3.22. The Labute approximate surface area is 177 Å². The fourth-order valence-electron chi connectivity index (χ4n) is 3.76. The summed E-state index contributed by atoms with van der Waals surface area (Å²) >= 11 is 0. The van der Waals surface area contributed by atoms with E-state index in [-0.39, 0.29) is 18.0 Å². The highest BCUT2D eigenvalue weighted by molar-refractivity contribution is 5.92. The van der Waals surface area contributed by atoms with Gasteiger partial charge in [-0.1, -0.05) is 12.8 Å². The van der Waals surface area contributed by atoms with Crippen molar-refractivity contribution in [3.05, 3.63) is 47.7 Å². The zero-order chi connectivity index (χ0) is 21.5. The molecule has 0 bridgehead atoms. The quantitative estimate of drug-likeness (QED) is 0.604. The summed E-state index contributed by atoms with van der Waals surface area (Å²) in [6.07, 6.45) is 9.10. The van der Waals surface area contributed by atoms with Crippen LogP contribution in [0, 0.1) is 6.92 Å². The first-order chi connectivity index (χ1) is 14.5. The van der Waals surface area contributed by atoms with Crippen molar-refractivity contribution in [1.82, 2.24) is 10.3 Å². The summed E-state index contributed by atoms with van der Waals surface area (Å²) in [6.45, 7) is 1.95. The van der Waals surface area contributed by atoms with Crippen molar-refractivity contribution in [1.29, 1.82) is 0 Å². The number of benzene rings is 1. The highest BCUT2D eigenvalue weighted by atomic mass is 16.5. The van der Waals surface area contributed by atoms with Crippen LogP contribution in [0.15, 0.2) is 36.5 Å². The molecule has 1 amide bonds. The molecule has 0 saturated heterocycles. The van der Waals surface area contributed by atoms with Crippen LogP contribution in [0.25, 0.3) is 6.08 Å². The van der Waals surface area contributed by atoms with Crippen molar-refractivity contribution in [2.75, 3.05) is 19.5 Å². The molecule has 1 aliphatic rings. The molecule has 7 heteroatoms. The maximum atomic E-state index is 12.4. The molecule has 160 valence electrons. The van der Waals surface area contributed by atoms with Gasteiger partial charge in [0, 0.05) is 41.7 Å². The van der Waals surface area contributed by atoms with Gasteiger partial charge in [-0.3, -0.25) is 4.79 Å². The number of rotatable bonds is 7. The summed E-state index contributed by atoms with van der Waals surface area (Å²) < 4.78 is 10.8. The van der Waals surface area contributed by atoms with Gasteiger partial charge in [0.05, 0.1) is 14.2 Å². The predicted molar refractivity (Wildman–Crippen MR) is 119 cm³/mol. The molecular weight excluding hydrogens is 380 g/mol. The van der Waals surface area contributed by atoms with Gasteiger partial charge in [-0.05, 0) is 49.6 Å². The van der Waals surface area contributed by atoms with Gasteiger partial charge in [0.2, 0.25) is 5.91 Å². The molecule has 1 heterocycles. The van der Waals surface area contributed by atoms with Crippen molar-refractivity contribution in [3.63, 3.8) is 0 Å². The highest BCUT2D eigenvalue weighted by Gasteiger charge is 2.22. The first-order valence-corrected chi connectivity index (χ1v) is 10.2. The molecule has 30 heavy (non-hydrogen) atoms. The Hall–Kier alpha value is -3.06. The van der Waals surface area contributed by atoms with Crippen molar-refractivity contribution in [3.8, 4) is 11.5 Å². The predicted octanol–water partition coefficient (Wildman–Crippen LogP) is 3.55. The van der Waals surface area contributed by atoms with Gasteiger partial charge in [-0.15, -0.1) is 0 Å². The summed E-state index contributed by atoms with van der Waals surface area (Å²) in [5.74, 6) is 1.83. The lowest BCUT2D eigenvalue weighted by Gasteiger charge is -2.28. The third-order valence-corrected chi connectivity index (χ3v) is 5.33. The summed E-state index contributed by atoms with van der Waals surface area (Å²) in [5.41, 5.74) is 8.68. The van der Waals surface area contributed by atoms with E-state index in [0.717, 1.165) is 42.5 Å². The lowest BCUT2D eigenvalue weighted by molar-refractivity contribution is -0.117. The van der Waals surface area contributed by atoms with Gasteiger partial charge < -0.3 is 25.8 Å². The second-order valence-corrected chi connectivity index (χ2v) is 7.49. The van der Waals surface area contributed by atoms with Gasteiger partial charge in [-0.25, -0.2) is 4.98 Å². The lowest BCUT2D eigenvalue weighted by Crippen LogP contribution is -2.48. The van der Waals surface area contributed by atoms with Gasteiger partial charge in [0.25, 0.3) is 0 Å². The molecule has 0 spiro atoms. The number of nitrogens with one attached hydrogen (secondary N) is 2. The minimum Gasteiger partial charge on any atom is -0.493 e. The number of anilines is 2. The smallest absolute Gasteiger partial charge is 0.244 e. The molecule has 2 unspecified atom stereocenters. The molecule has 4 N–H and O–H groups in total. The van der Waals surface area contributed by atoms with Crippen molar-refractivity contribution in [2.24, 2.45) is 5.73 Å². The maximum Gasteiger partial charge on any atom is 0.244 e. The number of carbonyl (C=O) groups is 1. The number of nitrogens with zero attached hydrogens (tertiary/aromatic N) is 1. The van der Waals surface area contributed by atoms with Crippen molar-refractivity contribution >= 4 is 23.5 Å². The standard InChI is InChI=1S/C23H30N4O3/c1-15-13-17(14-20(29-2)22(15)30-3)26-23-16(7-6-12-25-23)10-11-21(28)27-19-9-5-4-8-18(19)24/h6-7,10-14,18-19H,4-5,8-9,24H2,1-3H3,(H,25,26)(H,27,28)/b11-10+. The minimum absolute atomic E-state index is 0.0278. The number of ether oxygens (including phenoxy) is 2. The van der Waals surface area contributed by atoms with E-state index in [2.05, 4.69) is 15.6 Å². The summed E-state index contributed by atoms with van der Waals surface area (Å²) in [5, 5.41) is 6.32. The number of carbonyl (C=O) groups excluding carboxylic acids is 1. The van der Waals surface area contributed by atoms with Crippen LogP contribution in [0.2, 0.25) is 0 Å². The number of amides is 1. The largest absolute Gasteiger partial charge is 0.493 e. The van der Waals surface area contributed by atoms with Crippen LogP contribution in [-0.4, -0.2) is 37.2 Å². The topological polar surface area (TPSA) is 98.5 Å². The Balaban J connectivity index is 1.74. The van der Waals surface area contributed by atoms with Gasteiger partial charge in [0.1, 0.15) is 5.82 Å². The number of aryl methyl sites for hydroxylation is 1. The molecule has 1 aliphatic carbocycles. The van der Waals surface area contributed by atoms with Crippen LogP contribution >= 0.6 is 0 Å². The van der Waals surface area contributed by atoms with E-state index in [4.69, 9.17) is 15.2 Å². The number of hydrogen-bond acceptors (Lipinski definition) is 6. The van der Waals surface area contributed by atoms with E-state index < -0.39 is 0 Å². The SMILES string of the molecule is COc1cc(Nc2ncccc2/C=C/C(=O)NC2CCCCC2N)cc(C)c1OC. The lowest BCUT2D eigenvalue weighted by atomic mass is 9.91. The van der Waals surface area contributed by atoms with E-state index in [0.29, 0.717) is 17.3 Å². The number of pyridine rings is 1. The Kier molecular flexibility index (Phi) is 7.30. The van der Waals surface area contributed by atoms with Crippen LogP contribution in [0.4, 0.5) is 11.5 Å². The first kappa shape index (κ1) is 21.6. The Morgan fingerprint density at radius 1 is 1.23 bits per heavy atom. The van der Waals surface area contributed by atoms with E-state index in [1.165, 1.54) is 6.08 Å². The zero-order valence-electron chi connectivity index (χ0n) is 17.8. The summed E-state index contributed by atoms with van der Waals surface area (Å²) in [6, 6.07) is 7.61. The molecule has 1 aromatic carbocycles. The maximum absolute atomic E-state index is 12.4. The normalized spacial score (nSPS) is 18.8. The van der Waals surface area contributed by atoms with Crippen LogP contribution in [0.1, 0.15) is 36.8 Å². The molecule has 1 fully saturated rings. The van der Waals surface area contributed by atoms with Crippen molar-refractivity contribution in [2.45, 2.75) is 44.7 Å². The molecular formula is C23H30N4O3. The third kappa shape index (κ3) is 5.30. The Bertz CT molecular complexity index is 913. The molecule has 1 saturated carbocycles. The van der Waals surface area contributed by atoms with E-state index in [1.807, 2.05) is 31.2 Å². The van der Waals surface area contributed by atoms with E-state index in [9.17, 15) is 4.79 Å². The average molecular weight is 411 g/mol. The second-order valence-electron chi connectivity index (χ2n) is 7.49. The number of hydrogen-bond donors (Lipinski definition) is 3. The molecule has 2 aromatic rings. The zero-order valence-corrected chi connectivity index (χ0v) is 17.8. The molecule has 7 nitrogen and oxygen atoms in total. The number of aromatic nitrogens is 1. The average Bonchev–Trinajstić information content (AvgIpc) is 2.74. The fourth-order valence-corrected chi connectivity index (χ4v) is 3.76. The summed E-state index contributed by atoms with van der Waals surface area (Å²) in [4.78, 5) is 16.8. The van der Waals surface area contributed by atoms with E-state index >= 15 is 0 Å². The van der Waals surface area contributed by atoms with Crippen LogP contribution < -0.4 is 25.8 Å². The number of methoxy groups -OCH3 is 2. The van der Waals surface area contributed by atoms with Crippen LogP contribution in [0.5, 0.6) is 11.5 Å². The first-order valence-electron chi connectivity index (χ1n) is 10.2. The third-order valence-electron chi connectivity index (χ3n) is 5.33. The van der Waals surface area contributed by atoms with Gasteiger partial charge >= 0.3 is 0 Å². The fraction of sp³-hybridized carbons (Fsp3) is 0.391. The van der Waals surface area contributed by atoms with Crippen molar-refractivity contribution < 1.29 is 14.3 Å². The van der Waals surface area contributed by atoms with Gasteiger partial charge in [0.15, 0.2) is 11.5 Å². The van der Waals surface area contributed by atoms with Crippen LogP contribution in [-0.2, 0) is 4.79 Å². The molecule has 1 aromatic heterocycles. The molecule has 0 aliphatic heterocycles. The monoisotopic (exact) mass is 410 g/mol. The molecule has 3 rings (SSSR count). The molecule has 0 radical (unpaired) electrons. The number of nitrogens with two attached hydrogens (primary N) is 1. The minimum atomic E-state index is -0.144. The Morgan fingerprint density at radius 3 is 2.77 bits per heavy atom. The van der Waals surface area contributed by atoms with Gasteiger partial charge in [-0.2, -0.15) is 0 Å². The second kappa shape index (κ2) is 10.1. The van der Waals surface area contributed by atoms with Crippen LogP contribution in [0.3, 0.4) is 0 Å². The van der Waals surface area contributed by atoms with E-state index in [1.54, 1.807) is 26.5 Å². The Morgan fingerprint density at radius 2 is 2.03 bits per heavy atom.